The molecule has 0 radical (unpaired) electrons. The number of nitrogens with zero attached hydrogens (tertiary/aromatic N) is 3. The smallest absolute Gasteiger partial charge is 0.251 e. The van der Waals surface area contributed by atoms with E-state index in [9.17, 15) is 18.4 Å². The molecular formula is C21H24F2N4O3. The van der Waals surface area contributed by atoms with Gasteiger partial charge in [-0.2, -0.15) is 4.98 Å². The van der Waals surface area contributed by atoms with Crippen molar-refractivity contribution < 1.29 is 22.9 Å². The summed E-state index contributed by atoms with van der Waals surface area (Å²) in [6, 6.07) is 2.87. The number of aromatic nitrogens is 2. The Morgan fingerprint density at radius 2 is 2.07 bits per heavy atom. The fourth-order valence-corrected chi connectivity index (χ4v) is 4.75. The number of nitrogens with one attached hydrogen (secondary N) is 1. The predicted octanol–water partition coefficient (Wildman–Crippen LogP) is 2.60. The molecule has 1 aliphatic heterocycles. The van der Waals surface area contributed by atoms with Gasteiger partial charge in [-0.25, -0.2) is 8.78 Å². The van der Waals surface area contributed by atoms with Crippen molar-refractivity contribution in [3.05, 3.63) is 47.1 Å². The molecule has 1 aromatic carbocycles. The lowest BCUT2D eigenvalue weighted by Crippen LogP contribution is -2.40. The first-order chi connectivity index (χ1) is 14.2. The molecule has 2 aromatic rings. The number of halogens is 2. The van der Waals surface area contributed by atoms with Crippen LogP contribution in [0.2, 0.25) is 0 Å². The minimum Gasteiger partial charge on any atom is -0.349 e. The third-order valence-electron chi connectivity index (χ3n) is 6.15. The Hall–Kier alpha value is -2.84. The van der Waals surface area contributed by atoms with Crippen LogP contribution in [-0.4, -0.2) is 46.0 Å². The van der Waals surface area contributed by atoms with E-state index in [4.69, 9.17) is 4.52 Å². The number of carbonyl (C=O) groups is 2. The zero-order chi connectivity index (χ0) is 21.6. The molecule has 9 heteroatoms. The zero-order valence-corrected chi connectivity index (χ0v) is 17.1. The first kappa shape index (κ1) is 20.4. The molecule has 2 fully saturated rings. The van der Waals surface area contributed by atoms with Crippen LogP contribution in [0.15, 0.2) is 22.7 Å². The Kier molecular flexibility index (Phi) is 5.07. The van der Waals surface area contributed by atoms with Crippen LogP contribution in [0.25, 0.3) is 0 Å². The van der Waals surface area contributed by atoms with Gasteiger partial charge in [-0.05, 0) is 43.9 Å². The minimum atomic E-state index is -1.06. The maximum Gasteiger partial charge on any atom is 0.251 e. The Bertz CT molecular complexity index is 992. The largest absolute Gasteiger partial charge is 0.349 e. The number of hydrogen-bond acceptors (Lipinski definition) is 5. The summed E-state index contributed by atoms with van der Waals surface area (Å²) in [5, 5.41) is 6.84. The topological polar surface area (TPSA) is 88.3 Å². The average Bonchev–Trinajstić information content (AvgIpc) is 3.35. The van der Waals surface area contributed by atoms with Crippen molar-refractivity contribution in [3.63, 3.8) is 0 Å². The molecule has 1 saturated carbocycles. The lowest BCUT2D eigenvalue weighted by Gasteiger charge is -2.26. The molecule has 7 nitrogen and oxygen atoms in total. The van der Waals surface area contributed by atoms with Crippen molar-refractivity contribution in [3.8, 4) is 0 Å². The van der Waals surface area contributed by atoms with Crippen LogP contribution in [0.4, 0.5) is 8.78 Å². The van der Waals surface area contributed by atoms with Crippen LogP contribution in [0.5, 0.6) is 0 Å². The molecule has 2 heterocycles. The van der Waals surface area contributed by atoms with Gasteiger partial charge in [0.1, 0.15) is 0 Å². The molecule has 1 aromatic heterocycles. The number of likely N-dealkylation sites (tertiary alicyclic amines) is 1. The highest BCUT2D eigenvalue weighted by atomic mass is 19.2. The number of aryl methyl sites for hydroxylation is 1. The van der Waals surface area contributed by atoms with E-state index in [0.29, 0.717) is 37.6 Å². The molecule has 30 heavy (non-hydrogen) atoms. The summed E-state index contributed by atoms with van der Waals surface area (Å²) >= 11 is 0. The molecule has 3 atom stereocenters. The summed E-state index contributed by atoms with van der Waals surface area (Å²) in [4.78, 5) is 31.4. The second-order valence-electron chi connectivity index (χ2n) is 8.61. The maximum absolute atomic E-state index is 13.5. The van der Waals surface area contributed by atoms with Gasteiger partial charge in [0, 0.05) is 30.6 Å². The first-order valence-corrected chi connectivity index (χ1v) is 10.0. The van der Waals surface area contributed by atoms with Gasteiger partial charge in [-0.15, -0.1) is 0 Å². The Labute approximate surface area is 172 Å². The van der Waals surface area contributed by atoms with Crippen LogP contribution in [0, 0.1) is 30.4 Å². The van der Waals surface area contributed by atoms with Crippen molar-refractivity contribution in [2.75, 3.05) is 13.1 Å². The molecule has 160 valence electrons. The van der Waals surface area contributed by atoms with Gasteiger partial charge in [0.05, 0.1) is 5.41 Å². The van der Waals surface area contributed by atoms with Crippen molar-refractivity contribution in [2.45, 2.75) is 45.1 Å². The van der Waals surface area contributed by atoms with Gasteiger partial charge in [0.15, 0.2) is 17.5 Å². The second-order valence-corrected chi connectivity index (χ2v) is 8.61. The van der Waals surface area contributed by atoms with Crippen LogP contribution in [0.1, 0.15) is 48.8 Å². The molecule has 1 saturated heterocycles. The fraction of sp³-hybridized carbons (Fsp3) is 0.524. The summed E-state index contributed by atoms with van der Waals surface area (Å²) in [5.74, 6) is -1.53. The maximum atomic E-state index is 13.5. The third-order valence-corrected chi connectivity index (χ3v) is 6.15. The number of benzene rings is 1. The number of hydrogen-bond donors (Lipinski definition) is 1. The lowest BCUT2D eigenvalue weighted by atomic mass is 9.80. The van der Waals surface area contributed by atoms with Gasteiger partial charge in [0.2, 0.25) is 11.8 Å². The van der Waals surface area contributed by atoms with Crippen LogP contribution < -0.4 is 5.32 Å². The molecule has 1 aliphatic carbocycles. The molecule has 2 aliphatic rings. The normalized spacial score (nSPS) is 25.6. The molecule has 1 N–H and O–H groups in total. The van der Waals surface area contributed by atoms with E-state index >= 15 is 0 Å². The number of amides is 2. The van der Waals surface area contributed by atoms with Crippen molar-refractivity contribution in [2.24, 2.45) is 11.8 Å². The number of fused-ring (bicyclic) bond motifs is 1. The van der Waals surface area contributed by atoms with E-state index in [1.54, 1.807) is 6.92 Å². The third kappa shape index (κ3) is 3.46. The highest BCUT2D eigenvalue weighted by Crippen LogP contribution is 2.50. The quantitative estimate of drug-likeness (QED) is 0.825. The SMILES string of the molecule is Cc1noc([C@]23C[C@H](NC(=O)c4ccc(F)c(F)c4)C[C@H]2CN(C(=O)C(C)C)C3)n1. The minimum absolute atomic E-state index is 0.0512. The van der Waals surface area contributed by atoms with E-state index in [2.05, 4.69) is 15.5 Å². The highest BCUT2D eigenvalue weighted by molar-refractivity contribution is 5.94. The van der Waals surface area contributed by atoms with E-state index in [0.717, 1.165) is 12.1 Å². The van der Waals surface area contributed by atoms with E-state index in [1.807, 2.05) is 18.7 Å². The monoisotopic (exact) mass is 418 g/mol. The molecule has 4 rings (SSSR count). The standard InChI is InChI=1S/C21H24F2N4O3/c1-11(2)19(29)27-9-14-7-15(8-21(14,10-27)20-24-12(3)26-30-20)25-18(28)13-4-5-16(22)17(23)6-13/h4-6,11,14-15H,7-10H2,1-3H3,(H,25,28)/t14-,15+,21-/m0/s1. The second kappa shape index (κ2) is 7.45. The highest BCUT2D eigenvalue weighted by Gasteiger charge is 2.58. The Morgan fingerprint density at radius 1 is 1.30 bits per heavy atom. The van der Waals surface area contributed by atoms with Crippen molar-refractivity contribution >= 4 is 11.8 Å². The molecular weight excluding hydrogens is 394 g/mol. The van der Waals surface area contributed by atoms with E-state index in [-0.39, 0.29) is 29.3 Å². The summed E-state index contributed by atoms with van der Waals surface area (Å²) in [6.07, 6.45) is 1.15. The van der Waals surface area contributed by atoms with Crippen LogP contribution in [0.3, 0.4) is 0 Å². The summed E-state index contributed by atoms with van der Waals surface area (Å²) in [6.45, 7) is 6.47. The first-order valence-electron chi connectivity index (χ1n) is 10.0. The average molecular weight is 418 g/mol. The molecule has 0 bridgehead atoms. The van der Waals surface area contributed by atoms with Gasteiger partial charge < -0.3 is 14.7 Å². The Morgan fingerprint density at radius 3 is 2.70 bits per heavy atom. The van der Waals surface area contributed by atoms with Gasteiger partial charge in [-0.1, -0.05) is 19.0 Å². The Balaban J connectivity index is 1.55. The van der Waals surface area contributed by atoms with Crippen LogP contribution in [-0.2, 0) is 10.2 Å². The lowest BCUT2D eigenvalue weighted by molar-refractivity contribution is -0.133. The summed E-state index contributed by atoms with van der Waals surface area (Å²) < 4.78 is 32.2. The van der Waals surface area contributed by atoms with Gasteiger partial charge in [-0.3, -0.25) is 9.59 Å². The van der Waals surface area contributed by atoms with Crippen LogP contribution >= 0.6 is 0 Å². The zero-order valence-electron chi connectivity index (χ0n) is 17.1. The van der Waals surface area contributed by atoms with Crippen molar-refractivity contribution in [1.82, 2.24) is 20.4 Å². The fourth-order valence-electron chi connectivity index (χ4n) is 4.75. The predicted molar refractivity (Wildman–Crippen MR) is 102 cm³/mol. The molecule has 0 unspecified atom stereocenters. The van der Waals surface area contributed by atoms with E-state index in [1.165, 1.54) is 6.07 Å². The summed E-state index contributed by atoms with van der Waals surface area (Å²) in [7, 11) is 0. The molecule has 0 spiro atoms. The molecule has 2 amide bonds. The number of carbonyl (C=O) groups excluding carboxylic acids is 2. The van der Waals surface area contributed by atoms with Gasteiger partial charge in [0.25, 0.3) is 5.91 Å². The van der Waals surface area contributed by atoms with Crippen molar-refractivity contribution in [1.29, 1.82) is 0 Å². The number of rotatable bonds is 4. The summed E-state index contributed by atoms with van der Waals surface area (Å²) in [5.41, 5.74) is -0.470. The van der Waals surface area contributed by atoms with E-state index < -0.39 is 23.0 Å². The van der Waals surface area contributed by atoms with Gasteiger partial charge >= 0.3 is 0 Å².